The van der Waals surface area contributed by atoms with E-state index in [9.17, 15) is 4.39 Å². The van der Waals surface area contributed by atoms with Crippen LogP contribution in [0.15, 0.2) is 53.0 Å². The predicted octanol–water partition coefficient (Wildman–Crippen LogP) is 4.73. The van der Waals surface area contributed by atoms with Crippen LogP contribution in [0.25, 0.3) is 0 Å². The first-order valence-electron chi connectivity index (χ1n) is 5.33. The lowest BCUT2D eigenvalue weighted by atomic mass is 10.1. The van der Waals surface area contributed by atoms with E-state index in [1.54, 1.807) is 6.07 Å². The molecule has 0 aromatic heterocycles. The maximum absolute atomic E-state index is 13.4. The van der Waals surface area contributed by atoms with E-state index in [1.807, 2.05) is 43.3 Å². The van der Waals surface area contributed by atoms with Crippen molar-refractivity contribution in [3.63, 3.8) is 0 Å². The minimum absolute atomic E-state index is 0.181. The van der Waals surface area contributed by atoms with E-state index in [0.717, 1.165) is 11.3 Å². The molecule has 0 aliphatic rings. The number of hydrogen-bond donors (Lipinski definition) is 0. The molecule has 0 saturated heterocycles. The van der Waals surface area contributed by atoms with Crippen LogP contribution in [-0.4, -0.2) is 0 Å². The van der Waals surface area contributed by atoms with Gasteiger partial charge in [0, 0.05) is 0 Å². The SMILES string of the molecule is CC(Oc1ccccc1)c1ccc(Br)c(F)c1. The molecule has 1 nitrogen and oxygen atoms in total. The maximum Gasteiger partial charge on any atom is 0.137 e. The Labute approximate surface area is 108 Å². The summed E-state index contributed by atoms with van der Waals surface area (Å²) < 4.78 is 19.6. The third kappa shape index (κ3) is 3.07. The van der Waals surface area contributed by atoms with Crippen molar-refractivity contribution >= 4 is 15.9 Å². The number of rotatable bonds is 3. The summed E-state index contributed by atoms with van der Waals surface area (Å²) >= 11 is 3.13. The van der Waals surface area contributed by atoms with Crippen LogP contribution in [0.4, 0.5) is 4.39 Å². The summed E-state index contributed by atoms with van der Waals surface area (Å²) in [6.45, 7) is 1.90. The highest BCUT2D eigenvalue weighted by Gasteiger charge is 2.09. The van der Waals surface area contributed by atoms with Gasteiger partial charge in [-0.1, -0.05) is 24.3 Å². The summed E-state index contributed by atoms with van der Waals surface area (Å²) in [6, 6.07) is 14.5. The largest absolute Gasteiger partial charge is 0.486 e. The number of halogens is 2. The van der Waals surface area contributed by atoms with Crippen LogP contribution in [0.1, 0.15) is 18.6 Å². The van der Waals surface area contributed by atoms with Gasteiger partial charge >= 0.3 is 0 Å². The first-order valence-corrected chi connectivity index (χ1v) is 6.13. The quantitative estimate of drug-likeness (QED) is 0.795. The van der Waals surface area contributed by atoms with Crippen LogP contribution in [0.3, 0.4) is 0 Å². The minimum Gasteiger partial charge on any atom is -0.486 e. The fourth-order valence-electron chi connectivity index (χ4n) is 1.54. The molecule has 0 aliphatic carbocycles. The standard InChI is InChI=1S/C14H12BrFO/c1-10(17-12-5-3-2-4-6-12)11-7-8-13(15)14(16)9-11/h2-10H,1H3. The average molecular weight is 295 g/mol. The van der Waals surface area contributed by atoms with Crippen LogP contribution in [0.5, 0.6) is 5.75 Å². The molecule has 3 heteroatoms. The van der Waals surface area contributed by atoms with E-state index >= 15 is 0 Å². The summed E-state index contributed by atoms with van der Waals surface area (Å²) in [5.41, 5.74) is 0.814. The molecule has 1 unspecified atom stereocenters. The van der Waals surface area contributed by atoms with Crippen LogP contribution in [-0.2, 0) is 0 Å². The first kappa shape index (κ1) is 12.1. The molecule has 0 radical (unpaired) electrons. The summed E-state index contributed by atoms with van der Waals surface area (Å²) in [7, 11) is 0. The van der Waals surface area contributed by atoms with Crippen LogP contribution >= 0.6 is 15.9 Å². The average Bonchev–Trinajstić information content (AvgIpc) is 2.34. The fraction of sp³-hybridized carbons (Fsp3) is 0.143. The van der Waals surface area contributed by atoms with Crippen molar-refractivity contribution in [1.29, 1.82) is 0 Å². The van der Waals surface area contributed by atoms with Crippen molar-refractivity contribution in [3.05, 3.63) is 64.4 Å². The lowest BCUT2D eigenvalue weighted by Crippen LogP contribution is -2.03. The third-order valence-corrected chi connectivity index (χ3v) is 3.11. The van der Waals surface area contributed by atoms with E-state index in [1.165, 1.54) is 6.07 Å². The molecule has 0 spiro atoms. The van der Waals surface area contributed by atoms with E-state index in [4.69, 9.17) is 4.74 Å². The summed E-state index contributed by atoms with van der Waals surface area (Å²) in [6.07, 6.45) is -0.181. The van der Waals surface area contributed by atoms with Gasteiger partial charge in [0.05, 0.1) is 4.47 Å². The van der Waals surface area contributed by atoms with Crippen molar-refractivity contribution < 1.29 is 9.13 Å². The van der Waals surface area contributed by atoms with E-state index in [0.29, 0.717) is 4.47 Å². The lowest BCUT2D eigenvalue weighted by molar-refractivity contribution is 0.226. The topological polar surface area (TPSA) is 9.23 Å². The molecule has 1 atom stereocenters. The van der Waals surface area contributed by atoms with Crippen LogP contribution in [0.2, 0.25) is 0 Å². The van der Waals surface area contributed by atoms with E-state index < -0.39 is 0 Å². The number of benzene rings is 2. The smallest absolute Gasteiger partial charge is 0.137 e. The Balaban J connectivity index is 2.14. The summed E-state index contributed by atoms with van der Waals surface area (Å²) in [5.74, 6) is 0.509. The maximum atomic E-state index is 13.4. The molecule has 0 fully saturated rings. The van der Waals surface area contributed by atoms with Gasteiger partial charge in [0.25, 0.3) is 0 Å². The molecular formula is C14H12BrFO. The Hall–Kier alpha value is -1.35. The Morgan fingerprint density at radius 3 is 2.47 bits per heavy atom. The molecule has 17 heavy (non-hydrogen) atoms. The number of ether oxygens (including phenoxy) is 1. The molecule has 0 amide bonds. The van der Waals surface area contributed by atoms with Gasteiger partial charge in [-0.05, 0) is 52.7 Å². The molecule has 0 N–H and O–H groups in total. The highest BCUT2D eigenvalue weighted by Crippen LogP contribution is 2.24. The van der Waals surface area contributed by atoms with Crippen molar-refractivity contribution in [2.24, 2.45) is 0 Å². The first-order chi connectivity index (χ1) is 8.16. The summed E-state index contributed by atoms with van der Waals surface area (Å²) in [5, 5.41) is 0. The normalized spacial score (nSPS) is 12.2. The predicted molar refractivity (Wildman–Crippen MR) is 69.6 cm³/mol. The third-order valence-electron chi connectivity index (χ3n) is 2.47. The van der Waals surface area contributed by atoms with Gasteiger partial charge in [0.15, 0.2) is 0 Å². The van der Waals surface area contributed by atoms with Crippen molar-refractivity contribution in [2.75, 3.05) is 0 Å². The minimum atomic E-state index is -0.272. The van der Waals surface area contributed by atoms with Gasteiger partial charge in [-0.25, -0.2) is 4.39 Å². The summed E-state index contributed by atoms with van der Waals surface area (Å²) in [4.78, 5) is 0. The second-order valence-electron chi connectivity index (χ2n) is 3.75. The Morgan fingerprint density at radius 2 is 1.82 bits per heavy atom. The molecule has 2 aromatic rings. The molecule has 0 saturated carbocycles. The van der Waals surface area contributed by atoms with Gasteiger partial charge in [0.1, 0.15) is 17.7 Å². The second-order valence-corrected chi connectivity index (χ2v) is 4.60. The highest BCUT2D eigenvalue weighted by atomic mass is 79.9. The monoisotopic (exact) mass is 294 g/mol. The zero-order valence-electron chi connectivity index (χ0n) is 9.36. The van der Waals surface area contributed by atoms with E-state index in [2.05, 4.69) is 15.9 Å². The van der Waals surface area contributed by atoms with Crippen LogP contribution < -0.4 is 4.74 Å². The number of para-hydroxylation sites is 1. The molecule has 0 bridgehead atoms. The number of hydrogen-bond acceptors (Lipinski definition) is 1. The zero-order chi connectivity index (χ0) is 12.3. The van der Waals surface area contributed by atoms with E-state index in [-0.39, 0.29) is 11.9 Å². The Kier molecular flexibility index (Phi) is 3.79. The Morgan fingerprint density at radius 1 is 1.12 bits per heavy atom. The highest BCUT2D eigenvalue weighted by molar-refractivity contribution is 9.10. The van der Waals surface area contributed by atoms with Gasteiger partial charge in [0.2, 0.25) is 0 Å². The van der Waals surface area contributed by atoms with Crippen LogP contribution in [0, 0.1) is 5.82 Å². The zero-order valence-corrected chi connectivity index (χ0v) is 10.9. The Bertz CT molecular complexity index is 499. The molecule has 0 heterocycles. The van der Waals surface area contributed by atoms with Crippen molar-refractivity contribution in [2.45, 2.75) is 13.0 Å². The molecule has 0 aliphatic heterocycles. The van der Waals surface area contributed by atoms with Gasteiger partial charge in [-0.2, -0.15) is 0 Å². The molecule has 88 valence electrons. The lowest BCUT2D eigenvalue weighted by Gasteiger charge is -2.15. The molecule has 2 aromatic carbocycles. The molecule has 2 rings (SSSR count). The van der Waals surface area contributed by atoms with Gasteiger partial charge in [-0.3, -0.25) is 0 Å². The fourth-order valence-corrected chi connectivity index (χ4v) is 1.78. The van der Waals surface area contributed by atoms with Crippen molar-refractivity contribution in [1.82, 2.24) is 0 Å². The molecular weight excluding hydrogens is 283 g/mol. The van der Waals surface area contributed by atoms with Gasteiger partial charge in [-0.15, -0.1) is 0 Å². The second kappa shape index (κ2) is 5.32. The van der Waals surface area contributed by atoms with Gasteiger partial charge < -0.3 is 4.74 Å². The van der Waals surface area contributed by atoms with Crippen molar-refractivity contribution in [3.8, 4) is 5.75 Å².